The third kappa shape index (κ3) is 3.32. The molecule has 1 aliphatic carbocycles. The van der Waals surface area contributed by atoms with E-state index in [0.29, 0.717) is 6.04 Å². The molecule has 94 valence electrons. The SMILES string of the molecule is CCC1CCC(Nc2cncc(NC)n2)CC1. The lowest BCUT2D eigenvalue weighted by Gasteiger charge is -2.28. The van der Waals surface area contributed by atoms with Gasteiger partial charge in [-0.1, -0.05) is 13.3 Å². The molecule has 17 heavy (non-hydrogen) atoms. The van der Waals surface area contributed by atoms with Crippen molar-refractivity contribution in [1.29, 1.82) is 0 Å². The maximum atomic E-state index is 4.44. The van der Waals surface area contributed by atoms with Crippen LogP contribution in [0.5, 0.6) is 0 Å². The van der Waals surface area contributed by atoms with Gasteiger partial charge in [0.2, 0.25) is 0 Å². The first-order chi connectivity index (χ1) is 8.31. The van der Waals surface area contributed by atoms with E-state index in [2.05, 4.69) is 27.5 Å². The van der Waals surface area contributed by atoms with Gasteiger partial charge in [0, 0.05) is 13.1 Å². The van der Waals surface area contributed by atoms with E-state index in [1.54, 1.807) is 12.4 Å². The van der Waals surface area contributed by atoms with E-state index in [1.165, 1.54) is 32.1 Å². The zero-order chi connectivity index (χ0) is 12.1. The van der Waals surface area contributed by atoms with Crippen LogP contribution < -0.4 is 10.6 Å². The van der Waals surface area contributed by atoms with E-state index < -0.39 is 0 Å². The van der Waals surface area contributed by atoms with E-state index in [1.807, 2.05) is 7.05 Å². The molecule has 2 rings (SSSR count). The van der Waals surface area contributed by atoms with Gasteiger partial charge in [0.25, 0.3) is 0 Å². The summed E-state index contributed by atoms with van der Waals surface area (Å²) in [5, 5.41) is 6.49. The number of hydrogen-bond acceptors (Lipinski definition) is 4. The minimum Gasteiger partial charge on any atom is -0.372 e. The molecule has 0 aromatic carbocycles. The largest absolute Gasteiger partial charge is 0.372 e. The van der Waals surface area contributed by atoms with Crippen molar-refractivity contribution in [1.82, 2.24) is 9.97 Å². The molecule has 0 amide bonds. The second-order valence-electron chi connectivity index (χ2n) is 4.81. The fraction of sp³-hybridized carbons (Fsp3) is 0.692. The molecule has 0 saturated heterocycles. The predicted molar refractivity (Wildman–Crippen MR) is 71.2 cm³/mol. The normalized spacial score (nSPS) is 24.4. The van der Waals surface area contributed by atoms with Crippen LogP contribution in [0.4, 0.5) is 11.6 Å². The quantitative estimate of drug-likeness (QED) is 0.841. The van der Waals surface area contributed by atoms with E-state index in [0.717, 1.165) is 17.6 Å². The van der Waals surface area contributed by atoms with Crippen molar-refractivity contribution < 1.29 is 0 Å². The zero-order valence-corrected chi connectivity index (χ0v) is 10.7. The first-order valence-corrected chi connectivity index (χ1v) is 6.58. The van der Waals surface area contributed by atoms with E-state index in [-0.39, 0.29) is 0 Å². The molecule has 4 heteroatoms. The molecule has 2 N–H and O–H groups in total. The van der Waals surface area contributed by atoms with Crippen LogP contribution in [0.2, 0.25) is 0 Å². The van der Waals surface area contributed by atoms with Crippen molar-refractivity contribution >= 4 is 11.6 Å². The Kier molecular flexibility index (Phi) is 4.18. The molecule has 1 aliphatic rings. The Hall–Kier alpha value is -1.32. The zero-order valence-electron chi connectivity index (χ0n) is 10.7. The molecule has 1 fully saturated rings. The molecule has 0 bridgehead atoms. The van der Waals surface area contributed by atoms with Crippen LogP contribution in [-0.4, -0.2) is 23.1 Å². The minimum absolute atomic E-state index is 0.569. The standard InChI is InChI=1S/C13H22N4/c1-3-10-4-6-11(7-5-10)16-13-9-15-8-12(14-2)17-13/h8-11H,3-7H2,1-2H3,(H2,14,16,17). The van der Waals surface area contributed by atoms with Crippen molar-refractivity contribution in [2.75, 3.05) is 17.7 Å². The predicted octanol–water partition coefficient (Wildman–Crippen LogP) is 2.90. The second-order valence-corrected chi connectivity index (χ2v) is 4.81. The van der Waals surface area contributed by atoms with Crippen molar-refractivity contribution in [3.05, 3.63) is 12.4 Å². The van der Waals surface area contributed by atoms with Crippen LogP contribution in [-0.2, 0) is 0 Å². The number of nitrogens with zero attached hydrogens (tertiary/aromatic N) is 2. The highest BCUT2D eigenvalue weighted by Crippen LogP contribution is 2.28. The summed E-state index contributed by atoms with van der Waals surface area (Å²) in [6.07, 6.45) is 10.0. The smallest absolute Gasteiger partial charge is 0.147 e. The van der Waals surface area contributed by atoms with Crippen molar-refractivity contribution in [2.24, 2.45) is 5.92 Å². The minimum atomic E-state index is 0.569. The van der Waals surface area contributed by atoms with E-state index in [4.69, 9.17) is 0 Å². The molecule has 1 saturated carbocycles. The van der Waals surface area contributed by atoms with Crippen molar-refractivity contribution in [3.63, 3.8) is 0 Å². The number of hydrogen-bond donors (Lipinski definition) is 2. The Bertz CT molecular complexity index is 345. The van der Waals surface area contributed by atoms with Gasteiger partial charge in [-0.05, 0) is 31.6 Å². The van der Waals surface area contributed by atoms with Crippen LogP contribution in [0, 0.1) is 5.92 Å². The van der Waals surface area contributed by atoms with Gasteiger partial charge in [0.15, 0.2) is 0 Å². The monoisotopic (exact) mass is 234 g/mol. The Labute approximate surface area is 103 Å². The molecule has 0 radical (unpaired) electrons. The Morgan fingerprint density at radius 1 is 1.18 bits per heavy atom. The molecule has 0 atom stereocenters. The first kappa shape index (κ1) is 12.1. The van der Waals surface area contributed by atoms with Crippen molar-refractivity contribution in [2.45, 2.75) is 45.1 Å². The molecular weight excluding hydrogens is 212 g/mol. The van der Waals surface area contributed by atoms with Gasteiger partial charge in [0.05, 0.1) is 12.4 Å². The van der Waals surface area contributed by atoms with Gasteiger partial charge < -0.3 is 10.6 Å². The molecule has 1 heterocycles. The summed E-state index contributed by atoms with van der Waals surface area (Å²) in [6, 6.07) is 0.569. The lowest BCUT2D eigenvalue weighted by Crippen LogP contribution is -2.26. The highest BCUT2D eigenvalue weighted by Gasteiger charge is 2.19. The topological polar surface area (TPSA) is 49.8 Å². The third-order valence-electron chi connectivity index (χ3n) is 3.67. The van der Waals surface area contributed by atoms with Crippen LogP contribution in [0.1, 0.15) is 39.0 Å². The summed E-state index contributed by atoms with van der Waals surface area (Å²) in [6.45, 7) is 2.29. The summed E-state index contributed by atoms with van der Waals surface area (Å²) in [5.74, 6) is 2.64. The molecule has 1 aromatic rings. The highest BCUT2D eigenvalue weighted by molar-refractivity contribution is 5.41. The Balaban J connectivity index is 1.88. The van der Waals surface area contributed by atoms with Gasteiger partial charge in [-0.25, -0.2) is 4.98 Å². The van der Waals surface area contributed by atoms with Gasteiger partial charge in [-0.15, -0.1) is 0 Å². The summed E-state index contributed by atoms with van der Waals surface area (Å²) in [4.78, 5) is 8.60. The highest BCUT2D eigenvalue weighted by atomic mass is 15.1. The van der Waals surface area contributed by atoms with E-state index in [9.17, 15) is 0 Å². The fourth-order valence-corrected chi connectivity index (χ4v) is 2.48. The third-order valence-corrected chi connectivity index (χ3v) is 3.67. The maximum Gasteiger partial charge on any atom is 0.147 e. The van der Waals surface area contributed by atoms with Crippen LogP contribution in [0.25, 0.3) is 0 Å². The van der Waals surface area contributed by atoms with Crippen LogP contribution in [0.3, 0.4) is 0 Å². The van der Waals surface area contributed by atoms with Crippen molar-refractivity contribution in [3.8, 4) is 0 Å². The van der Waals surface area contributed by atoms with E-state index >= 15 is 0 Å². The molecule has 1 aromatic heterocycles. The number of nitrogens with one attached hydrogen (secondary N) is 2. The Morgan fingerprint density at radius 3 is 2.53 bits per heavy atom. The summed E-state index contributed by atoms with van der Waals surface area (Å²) < 4.78 is 0. The molecule has 0 unspecified atom stereocenters. The lowest BCUT2D eigenvalue weighted by molar-refractivity contribution is 0.330. The van der Waals surface area contributed by atoms with Gasteiger partial charge in [0.1, 0.15) is 11.6 Å². The second kappa shape index (κ2) is 5.84. The average Bonchev–Trinajstić information content (AvgIpc) is 2.40. The van der Waals surface area contributed by atoms with Gasteiger partial charge >= 0.3 is 0 Å². The summed E-state index contributed by atoms with van der Waals surface area (Å²) in [7, 11) is 1.86. The van der Waals surface area contributed by atoms with Gasteiger partial charge in [-0.3, -0.25) is 4.98 Å². The molecule has 0 aliphatic heterocycles. The van der Waals surface area contributed by atoms with Gasteiger partial charge in [-0.2, -0.15) is 0 Å². The summed E-state index contributed by atoms with van der Waals surface area (Å²) >= 11 is 0. The molecular formula is C13H22N4. The van der Waals surface area contributed by atoms with Crippen LogP contribution in [0.15, 0.2) is 12.4 Å². The first-order valence-electron chi connectivity index (χ1n) is 6.58. The molecule has 4 nitrogen and oxygen atoms in total. The average molecular weight is 234 g/mol. The molecule has 0 spiro atoms. The maximum absolute atomic E-state index is 4.44. The number of anilines is 2. The lowest BCUT2D eigenvalue weighted by atomic mass is 9.84. The fourth-order valence-electron chi connectivity index (χ4n) is 2.48. The summed E-state index contributed by atoms with van der Waals surface area (Å²) in [5.41, 5.74) is 0. The Morgan fingerprint density at radius 2 is 1.88 bits per heavy atom. The number of aromatic nitrogens is 2. The number of rotatable bonds is 4. The van der Waals surface area contributed by atoms with Crippen LogP contribution >= 0.6 is 0 Å².